The van der Waals surface area contributed by atoms with Gasteiger partial charge in [0.15, 0.2) is 0 Å². The van der Waals surface area contributed by atoms with Crippen molar-refractivity contribution >= 4 is 28.3 Å². The zero-order valence-corrected chi connectivity index (χ0v) is 16.7. The molecule has 0 atom stereocenters. The van der Waals surface area contributed by atoms with Gasteiger partial charge in [0, 0.05) is 36.4 Å². The molecule has 0 radical (unpaired) electrons. The summed E-state index contributed by atoms with van der Waals surface area (Å²) in [7, 11) is 1.56. The van der Waals surface area contributed by atoms with Crippen molar-refractivity contribution in [3.05, 3.63) is 53.7 Å². The molecule has 118 valence electrons. The summed E-state index contributed by atoms with van der Waals surface area (Å²) in [4.78, 5) is 23.6. The molecule has 7 heteroatoms. The first kappa shape index (κ1) is 19.1. The number of carboxylic acid groups (broad SMARTS) is 1. The van der Waals surface area contributed by atoms with Crippen LogP contribution >= 0.6 is 0 Å². The third-order valence-corrected chi connectivity index (χ3v) is 3.70. The maximum atomic E-state index is 12.1. The van der Waals surface area contributed by atoms with Crippen molar-refractivity contribution in [1.29, 1.82) is 0 Å². The monoisotopic (exact) mass is 350 g/mol. The third kappa shape index (κ3) is 3.56. The molecule has 1 amide bonds. The van der Waals surface area contributed by atoms with Crippen molar-refractivity contribution in [2.45, 2.75) is 0 Å². The molecule has 0 aliphatic rings. The summed E-state index contributed by atoms with van der Waals surface area (Å²) in [5.41, 5.74) is 1.78. The molecule has 3 rings (SSSR count). The number of hydrogen-bond acceptors (Lipinski definition) is 4. The van der Waals surface area contributed by atoms with E-state index < -0.39 is 5.97 Å². The topological polar surface area (TPSA) is 82.9 Å². The van der Waals surface area contributed by atoms with Crippen LogP contribution in [0.3, 0.4) is 0 Å². The van der Waals surface area contributed by atoms with E-state index in [1.54, 1.807) is 54.1 Å². The molecule has 1 aromatic carbocycles. The second-order valence-electron chi connectivity index (χ2n) is 5.10. The van der Waals surface area contributed by atoms with Crippen LogP contribution in [0.1, 0.15) is 20.7 Å². The number of nitrogens with zero attached hydrogens (tertiary/aromatic N) is 1. The Hall–Kier alpha value is -1.22. The van der Waals surface area contributed by atoms with E-state index >= 15 is 0 Å². The number of nitrogens with one attached hydrogen (secondary N) is 1. The molecule has 0 saturated heterocycles. The Morgan fingerprint density at radius 2 is 2.00 bits per heavy atom. The van der Waals surface area contributed by atoms with E-state index in [0.29, 0.717) is 35.1 Å². The standard InChI is InChI=1S/C17H16N2O4.K/c1-23-9-7-18-16(20)11-5-6-12-14(10-11)19-8-3-2-4-13(19)15(12)17(21)22;/h2-6,8,10H,7,9H2,1H3,(H,18,20)(H,21,22);/q;+1/p-1. The number of aromatic carboxylic acids is 1. The molecule has 0 aliphatic heterocycles. The normalized spacial score (nSPS) is 10.5. The largest absolute Gasteiger partial charge is 1.00 e. The summed E-state index contributed by atoms with van der Waals surface area (Å²) in [6, 6.07) is 10.2. The Labute approximate surface area is 181 Å². The van der Waals surface area contributed by atoms with Gasteiger partial charge in [0.25, 0.3) is 5.91 Å². The van der Waals surface area contributed by atoms with E-state index in [9.17, 15) is 14.7 Å². The van der Waals surface area contributed by atoms with Crippen LogP contribution in [0.25, 0.3) is 16.4 Å². The number of fused-ring (bicyclic) bond motifs is 3. The number of pyridine rings is 1. The number of carboxylic acids is 1. The quantitative estimate of drug-likeness (QED) is 0.420. The molecule has 0 aliphatic carbocycles. The Morgan fingerprint density at radius 1 is 1.21 bits per heavy atom. The van der Waals surface area contributed by atoms with E-state index in [1.807, 2.05) is 0 Å². The fourth-order valence-corrected chi connectivity index (χ4v) is 2.66. The van der Waals surface area contributed by atoms with Gasteiger partial charge in [-0.1, -0.05) is 12.1 Å². The van der Waals surface area contributed by atoms with Crippen LogP contribution in [0.4, 0.5) is 0 Å². The first-order chi connectivity index (χ1) is 11.1. The first-order valence-corrected chi connectivity index (χ1v) is 7.14. The average Bonchev–Trinajstić information content (AvgIpc) is 2.88. The smallest absolute Gasteiger partial charge is 0.545 e. The zero-order chi connectivity index (χ0) is 16.4. The molecular weight excluding hydrogens is 335 g/mol. The predicted molar refractivity (Wildman–Crippen MR) is 83.4 cm³/mol. The molecule has 0 unspecified atom stereocenters. The zero-order valence-electron chi connectivity index (χ0n) is 13.5. The predicted octanol–water partition coefficient (Wildman–Crippen LogP) is -2.16. The maximum absolute atomic E-state index is 12.1. The number of carbonyl (C=O) groups excluding carboxylic acids is 2. The van der Waals surface area contributed by atoms with E-state index in [0.717, 1.165) is 0 Å². The van der Waals surface area contributed by atoms with Crippen molar-refractivity contribution in [1.82, 2.24) is 9.72 Å². The number of aromatic nitrogens is 1. The second-order valence-corrected chi connectivity index (χ2v) is 5.10. The van der Waals surface area contributed by atoms with Gasteiger partial charge in [0.2, 0.25) is 0 Å². The molecule has 2 aromatic heterocycles. The molecular formula is C17H15KN2O4. The average molecular weight is 350 g/mol. The van der Waals surface area contributed by atoms with Crippen LogP contribution in [-0.4, -0.2) is 36.5 Å². The number of benzene rings is 1. The number of ether oxygens (including phenoxy) is 1. The van der Waals surface area contributed by atoms with Gasteiger partial charge in [-0.15, -0.1) is 0 Å². The van der Waals surface area contributed by atoms with Gasteiger partial charge in [-0.3, -0.25) is 4.79 Å². The van der Waals surface area contributed by atoms with Gasteiger partial charge in [0.05, 0.1) is 23.6 Å². The minimum atomic E-state index is -1.24. The summed E-state index contributed by atoms with van der Waals surface area (Å²) in [6.45, 7) is 0.837. The van der Waals surface area contributed by atoms with Crippen molar-refractivity contribution in [2.24, 2.45) is 0 Å². The van der Waals surface area contributed by atoms with Crippen LogP contribution < -0.4 is 61.8 Å². The number of amides is 1. The third-order valence-electron chi connectivity index (χ3n) is 3.70. The van der Waals surface area contributed by atoms with Crippen LogP contribution in [-0.2, 0) is 4.74 Å². The summed E-state index contributed by atoms with van der Waals surface area (Å²) in [6.07, 6.45) is 1.76. The molecule has 0 fully saturated rings. The van der Waals surface area contributed by atoms with Crippen molar-refractivity contribution in [3.8, 4) is 0 Å². The molecule has 0 bridgehead atoms. The van der Waals surface area contributed by atoms with Crippen LogP contribution in [0, 0.1) is 0 Å². The van der Waals surface area contributed by atoms with Crippen molar-refractivity contribution < 1.29 is 70.8 Å². The van der Waals surface area contributed by atoms with Gasteiger partial charge in [-0.25, -0.2) is 0 Å². The summed E-state index contributed by atoms with van der Waals surface area (Å²) in [5, 5.41) is 14.8. The van der Waals surface area contributed by atoms with Gasteiger partial charge < -0.3 is 24.4 Å². The number of hydrogen-bond donors (Lipinski definition) is 1. The molecule has 24 heavy (non-hydrogen) atoms. The molecule has 0 saturated carbocycles. The summed E-state index contributed by atoms with van der Waals surface area (Å²) in [5.74, 6) is -1.47. The fourth-order valence-electron chi connectivity index (χ4n) is 2.66. The first-order valence-electron chi connectivity index (χ1n) is 7.14. The number of carbonyl (C=O) groups is 2. The van der Waals surface area contributed by atoms with Crippen molar-refractivity contribution in [3.63, 3.8) is 0 Å². The summed E-state index contributed by atoms with van der Waals surface area (Å²) < 4.78 is 6.64. The van der Waals surface area contributed by atoms with Crippen LogP contribution in [0.2, 0.25) is 0 Å². The van der Waals surface area contributed by atoms with E-state index in [2.05, 4.69) is 5.32 Å². The van der Waals surface area contributed by atoms with E-state index in [-0.39, 0.29) is 62.9 Å². The van der Waals surface area contributed by atoms with Gasteiger partial charge in [0.1, 0.15) is 0 Å². The van der Waals surface area contributed by atoms with Gasteiger partial charge in [-0.2, -0.15) is 0 Å². The minimum Gasteiger partial charge on any atom is -0.545 e. The molecule has 6 nitrogen and oxygen atoms in total. The number of methoxy groups -OCH3 is 1. The Kier molecular flexibility index (Phi) is 6.56. The van der Waals surface area contributed by atoms with E-state index in [4.69, 9.17) is 4.74 Å². The maximum Gasteiger partial charge on any atom is 1.00 e. The molecule has 3 aromatic rings. The second kappa shape index (κ2) is 8.24. The minimum absolute atomic E-state index is 0. The van der Waals surface area contributed by atoms with Crippen molar-refractivity contribution in [2.75, 3.05) is 20.3 Å². The van der Waals surface area contributed by atoms with E-state index in [1.165, 1.54) is 0 Å². The van der Waals surface area contributed by atoms with Crippen LogP contribution in [0.15, 0.2) is 42.6 Å². The Morgan fingerprint density at radius 3 is 2.71 bits per heavy atom. The summed E-state index contributed by atoms with van der Waals surface area (Å²) >= 11 is 0. The Bertz CT molecular complexity index is 904. The molecule has 1 N–H and O–H groups in total. The fraction of sp³-hybridized carbons (Fsp3) is 0.176. The number of rotatable bonds is 5. The van der Waals surface area contributed by atoms with Gasteiger partial charge in [-0.05, 0) is 24.3 Å². The SMILES string of the molecule is COCCNC(=O)c1ccc2c(C(=O)[O-])c3ccccn3c2c1.[K+]. The van der Waals surface area contributed by atoms with Crippen LogP contribution in [0.5, 0.6) is 0 Å². The Balaban J connectivity index is 0.00000208. The molecule has 2 heterocycles. The van der Waals surface area contributed by atoms with Gasteiger partial charge >= 0.3 is 51.4 Å². The molecule has 0 spiro atoms.